The van der Waals surface area contributed by atoms with Crippen LogP contribution in [-0.4, -0.2) is 26.1 Å². The van der Waals surface area contributed by atoms with E-state index in [-0.39, 0.29) is 17.3 Å². The predicted molar refractivity (Wildman–Crippen MR) is 106 cm³/mol. The number of nitro benzene ring substituents is 1. The Bertz CT molecular complexity index is 894. The van der Waals surface area contributed by atoms with Crippen molar-refractivity contribution in [3.63, 3.8) is 0 Å². The zero-order chi connectivity index (χ0) is 20.3. The molecule has 1 aromatic carbocycles. The summed E-state index contributed by atoms with van der Waals surface area (Å²) in [6, 6.07) is 3.72. The van der Waals surface area contributed by atoms with Gasteiger partial charge in [-0.15, -0.1) is 0 Å². The largest absolute Gasteiger partial charge is 0.325 e. The summed E-state index contributed by atoms with van der Waals surface area (Å²) in [5.74, 6) is -1.13. The fraction of sp³-hybridized carbons (Fsp3) is 0.474. The van der Waals surface area contributed by atoms with Crippen LogP contribution in [0.1, 0.15) is 49.5 Å². The number of thioether (sulfide) groups is 1. The van der Waals surface area contributed by atoms with Crippen LogP contribution in [0.15, 0.2) is 23.4 Å². The van der Waals surface area contributed by atoms with E-state index in [1.54, 1.807) is 0 Å². The molecule has 0 atom stereocenters. The first kappa shape index (κ1) is 20.3. The molecule has 28 heavy (non-hydrogen) atoms. The van der Waals surface area contributed by atoms with Gasteiger partial charge in [-0.05, 0) is 38.8 Å². The average molecular weight is 406 g/mol. The van der Waals surface area contributed by atoms with Gasteiger partial charge in [0.05, 0.1) is 16.4 Å². The average Bonchev–Trinajstić information content (AvgIpc) is 2.96. The lowest BCUT2D eigenvalue weighted by Gasteiger charge is -2.26. The predicted octanol–water partition coefficient (Wildman–Crippen LogP) is 4.78. The van der Waals surface area contributed by atoms with Crippen LogP contribution in [0.4, 0.5) is 15.8 Å². The third-order valence-electron chi connectivity index (χ3n) is 5.05. The molecule has 0 saturated heterocycles. The molecule has 1 aromatic heterocycles. The van der Waals surface area contributed by atoms with Crippen LogP contribution < -0.4 is 5.32 Å². The van der Waals surface area contributed by atoms with E-state index in [0.717, 1.165) is 41.5 Å². The summed E-state index contributed by atoms with van der Waals surface area (Å²) in [6.45, 7) is 4.02. The van der Waals surface area contributed by atoms with Gasteiger partial charge < -0.3 is 9.88 Å². The maximum Gasteiger partial charge on any atom is 0.306 e. The molecule has 0 unspecified atom stereocenters. The van der Waals surface area contributed by atoms with Crippen molar-refractivity contribution in [3.8, 4) is 0 Å². The highest BCUT2D eigenvalue weighted by atomic mass is 32.2. The molecule has 1 amide bonds. The summed E-state index contributed by atoms with van der Waals surface area (Å²) < 4.78 is 15.7. The van der Waals surface area contributed by atoms with Crippen molar-refractivity contribution >= 4 is 29.0 Å². The number of amides is 1. The summed E-state index contributed by atoms with van der Waals surface area (Å²) in [5, 5.41) is 14.2. The first-order valence-corrected chi connectivity index (χ1v) is 10.3. The fourth-order valence-corrected chi connectivity index (χ4v) is 4.48. The molecule has 0 spiro atoms. The summed E-state index contributed by atoms with van der Waals surface area (Å²) in [7, 11) is 0. The third-order valence-corrected chi connectivity index (χ3v) is 6.01. The molecule has 1 heterocycles. The Morgan fingerprint density at radius 2 is 2.07 bits per heavy atom. The highest BCUT2D eigenvalue weighted by molar-refractivity contribution is 7.99. The minimum absolute atomic E-state index is 0.119. The van der Waals surface area contributed by atoms with Crippen molar-refractivity contribution in [2.75, 3.05) is 11.1 Å². The van der Waals surface area contributed by atoms with Gasteiger partial charge in [0.1, 0.15) is 0 Å². The molecule has 3 rings (SSSR count). The lowest BCUT2D eigenvalue weighted by molar-refractivity contribution is -0.387. The molecule has 7 nitrogen and oxygen atoms in total. The number of carbonyl (C=O) groups excluding carboxylic acids is 1. The van der Waals surface area contributed by atoms with Gasteiger partial charge >= 0.3 is 5.69 Å². The highest BCUT2D eigenvalue weighted by Gasteiger charge is 2.22. The van der Waals surface area contributed by atoms with E-state index >= 15 is 0 Å². The summed E-state index contributed by atoms with van der Waals surface area (Å²) in [4.78, 5) is 26.9. The van der Waals surface area contributed by atoms with Gasteiger partial charge in [0.15, 0.2) is 5.16 Å². The van der Waals surface area contributed by atoms with Gasteiger partial charge in [-0.3, -0.25) is 14.9 Å². The minimum Gasteiger partial charge on any atom is -0.325 e. The second kappa shape index (κ2) is 8.72. The zero-order valence-corrected chi connectivity index (χ0v) is 16.7. The Balaban J connectivity index is 1.67. The Hall–Kier alpha value is -2.42. The number of nitrogens with one attached hydrogen (secondary N) is 1. The number of carbonyl (C=O) groups is 1. The second-order valence-corrected chi connectivity index (χ2v) is 7.93. The zero-order valence-electron chi connectivity index (χ0n) is 15.9. The van der Waals surface area contributed by atoms with E-state index in [9.17, 15) is 19.3 Å². The normalized spacial score (nSPS) is 14.8. The molecule has 1 aliphatic carbocycles. The lowest BCUT2D eigenvalue weighted by Crippen LogP contribution is -2.17. The number of hydrogen-bond acceptors (Lipinski definition) is 5. The summed E-state index contributed by atoms with van der Waals surface area (Å²) >= 11 is 1.35. The number of hydrogen-bond donors (Lipinski definition) is 1. The molecule has 1 saturated carbocycles. The molecular weight excluding hydrogens is 383 g/mol. The van der Waals surface area contributed by atoms with Gasteiger partial charge in [-0.1, -0.05) is 31.0 Å². The van der Waals surface area contributed by atoms with Crippen molar-refractivity contribution in [1.29, 1.82) is 0 Å². The molecule has 0 bridgehead atoms. The molecule has 2 aromatic rings. The minimum atomic E-state index is -0.933. The molecule has 1 aliphatic rings. The van der Waals surface area contributed by atoms with Crippen molar-refractivity contribution < 1.29 is 14.1 Å². The molecule has 0 aliphatic heterocycles. The lowest BCUT2D eigenvalue weighted by atomic mass is 9.95. The number of nitro groups is 1. The summed E-state index contributed by atoms with van der Waals surface area (Å²) in [6.07, 6.45) is 5.91. The number of nitrogens with zero attached hydrogens (tertiary/aromatic N) is 3. The molecule has 0 radical (unpaired) electrons. The number of aromatic nitrogens is 2. The standard InChI is InChI=1S/C19H23FN4O3S/c1-12-13(2)23(15-6-4-3-5-7-15)19(21-12)28-11-18(25)22-14-8-9-16(20)17(10-14)24(26)27/h8-10,15H,3-7,11H2,1-2H3,(H,22,25). The number of imidazole rings is 1. The van der Waals surface area contributed by atoms with Gasteiger partial charge in [0, 0.05) is 23.5 Å². The molecule has 1 N–H and O–H groups in total. The van der Waals surface area contributed by atoms with E-state index in [2.05, 4.69) is 21.8 Å². The molecule has 1 fully saturated rings. The number of rotatable bonds is 6. The SMILES string of the molecule is Cc1nc(SCC(=O)Nc2ccc(F)c([N+](=O)[O-])c2)n(C2CCCCC2)c1C. The van der Waals surface area contributed by atoms with Crippen LogP contribution in [0.5, 0.6) is 0 Å². The van der Waals surface area contributed by atoms with Crippen molar-refractivity contribution in [2.45, 2.75) is 57.1 Å². The smallest absolute Gasteiger partial charge is 0.306 e. The van der Waals surface area contributed by atoms with Gasteiger partial charge in [-0.2, -0.15) is 4.39 Å². The van der Waals surface area contributed by atoms with E-state index < -0.39 is 16.4 Å². The van der Waals surface area contributed by atoms with E-state index in [1.807, 2.05) is 6.92 Å². The van der Waals surface area contributed by atoms with Crippen LogP contribution in [0.2, 0.25) is 0 Å². The number of benzene rings is 1. The highest BCUT2D eigenvalue weighted by Crippen LogP contribution is 2.34. The number of anilines is 1. The third kappa shape index (κ3) is 4.52. The van der Waals surface area contributed by atoms with Gasteiger partial charge in [-0.25, -0.2) is 4.98 Å². The number of halogens is 1. The van der Waals surface area contributed by atoms with Crippen LogP contribution in [-0.2, 0) is 4.79 Å². The molecule has 9 heteroatoms. The van der Waals surface area contributed by atoms with E-state index in [4.69, 9.17) is 0 Å². The van der Waals surface area contributed by atoms with E-state index in [1.165, 1.54) is 37.1 Å². The first-order chi connectivity index (χ1) is 13.4. The van der Waals surface area contributed by atoms with Crippen LogP contribution in [0.25, 0.3) is 0 Å². The van der Waals surface area contributed by atoms with Crippen molar-refractivity contribution in [3.05, 3.63) is 45.5 Å². The maximum absolute atomic E-state index is 13.4. The second-order valence-electron chi connectivity index (χ2n) is 6.99. The fourth-order valence-electron chi connectivity index (χ4n) is 3.52. The van der Waals surface area contributed by atoms with Crippen molar-refractivity contribution in [2.24, 2.45) is 0 Å². The summed E-state index contributed by atoms with van der Waals surface area (Å²) in [5.41, 5.74) is 1.62. The first-order valence-electron chi connectivity index (χ1n) is 9.29. The Morgan fingerprint density at radius 1 is 1.36 bits per heavy atom. The van der Waals surface area contributed by atoms with Gasteiger partial charge in [0.25, 0.3) is 0 Å². The molecular formula is C19H23FN4O3S. The van der Waals surface area contributed by atoms with Crippen LogP contribution in [0, 0.1) is 29.8 Å². The quantitative estimate of drug-likeness (QED) is 0.423. The Labute approximate surface area is 166 Å². The monoisotopic (exact) mass is 406 g/mol. The van der Waals surface area contributed by atoms with Gasteiger partial charge in [0.2, 0.25) is 11.7 Å². The Kier molecular flexibility index (Phi) is 6.33. The number of aryl methyl sites for hydroxylation is 1. The van der Waals surface area contributed by atoms with Crippen LogP contribution in [0.3, 0.4) is 0 Å². The Morgan fingerprint density at radius 3 is 2.75 bits per heavy atom. The molecule has 150 valence electrons. The topological polar surface area (TPSA) is 90.1 Å². The van der Waals surface area contributed by atoms with E-state index in [0.29, 0.717) is 6.04 Å². The maximum atomic E-state index is 13.4. The van der Waals surface area contributed by atoms with Crippen LogP contribution >= 0.6 is 11.8 Å². The van der Waals surface area contributed by atoms with Crippen molar-refractivity contribution in [1.82, 2.24) is 9.55 Å².